The van der Waals surface area contributed by atoms with E-state index in [0.717, 1.165) is 0 Å². The normalized spacial score (nSPS) is 16.6. The predicted molar refractivity (Wildman–Crippen MR) is 104 cm³/mol. The van der Waals surface area contributed by atoms with Gasteiger partial charge in [-0.15, -0.1) is 0 Å². The molecule has 1 aliphatic heterocycles. The fraction of sp³-hybridized carbons (Fsp3) is 0.444. The van der Waals surface area contributed by atoms with E-state index in [4.69, 9.17) is 11.6 Å². The predicted octanol–water partition coefficient (Wildman–Crippen LogP) is 3.16. The highest BCUT2D eigenvalue weighted by Crippen LogP contribution is 2.25. The summed E-state index contributed by atoms with van der Waals surface area (Å²) in [5, 5.41) is 3.45. The molecule has 1 aliphatic rings. The third kappa shape index (κ3) is 4.51. The summed E-state index contributed by atoms with van der Waals surface area (Å²) >= 11 is 5.93. The van der Waals surface area contributed by atoms with E-state index in [0.29, 0.717) is 36.6 Å². The number of benzene rings is 1. The average molecular weight is 411 g/mol. The molecular formula is C18H23ClN4O3S. The second kappa shape index (κ2) is 8.00. The summed E-state index contributed by atoms with van der Waals surface area (Å²) in [7, 11) is -3.64. The van der Waals surface area contributed by atoms with Gasteiger partial charge in [-0.2, -0.15) is 4.31 Å². The van der Waals surface area contributed by atoms with Gasteiger partial charge in [-0.25, -0.2) is 13.4 Å². The minimum absolute atomic E-state index is 0.0537. The smallest absolute Gasteiger partial charge is 0.262 e. The summed E-state index contributed by atoms with van der Waals surface area (Å²) < 4.78 is 28.7. The number of carbonyl (C=O) groups excluding carboxylic acids is 1. The summed E-state index contributed by atoms with van der Waals surface area (Å²) in [5.74, 6) is -0.345. The molecule has 146 valence electrons. The Kier molecular flexibility index (Phi) is 5.88. The number of hydrogen-bond acceptors (Lipinski definition) is 4. The summed E-state index contributed by atoms with van der Waals surface area (Å²) in [6, 6.07) is 7.10. The van der Waals surface area contributed by atoms with E-state index in [1.807, 2.05) is 13.8 Å². The van der Waals surface area contributed by atoms with Crippen molar-refractivity contribution in [3.8, 4) is 0 Å². The molecule has 3 rings (SSSR count). The van der Waals surface area contributed by atoms with Crippen LogP contribution in [0.4, 0.5) is 5.69 Å². The molecular weight excluding hydrogens is 388 g/mol. The number of halogens is 1. The molecule has 27 heavy (non-hydrogen) atoms. The summed E-state index contributed by atoms with van der Waals surface area (Å²) in [6.07, 6.45) is 4.02. The monoisotopic (exact) mass is 410 g/mol. The molecule has 1 fully saturated rings. The van der Waals surface area contributed by atoms with Crippen molar-refractivity contribution in [2.45, 2.75) is 37.8 Å². The number of amides is 1. The Hall–Kier alpha value is -1.90. The first-order valence-corrected chi connectivity index (χ1v) is 10.7. The van der Waals surface area contributed by atoms with Crippen LogP contribution in [0.25, 0.3) is 0 Å². The first kappa shape index (κ1) is 19.9. The molecule has 1 amide bonds. The van der Waals surface area contributed by atoms with Crippen molar-refractivity contribution in [2.24, 2.45) is 5.92 Å². The molecule has 0 radical (unpaired) electrons. The number of hydrogen-bond donors (Lipinski definition) is 1. The second-order valence-electron chi connectivity index (χ2n) is 6.93. The van der Waals surface area contributed by atoms with Crippen molar-refractivity contribution in [1.82, 2.24) is 13.9 Å². The lowest BCUT2D eigenvalue weighted by molar-refractivity contribution is -0.120. The highest BCUT2D eigenvalue weighted by molar-refractivity contribution is 7.89. The van der Waals surface area contributed by atoms with Crippen LogP contribution in [0.15, 0.2) is 41.8 Å². The van der Waals surface area contributed by atoms with Crippen molar-refractivity contribution in [3.05, 3.63) is 41.8 Å². The molecule has 9 heteroatoms. The van der Waals surface area contributed by atoms with Gasteiger partial charge in [0.15, 0.2) is 5.03 Å². The molecule has 2 heterocycles. The van der Waals surface area contributed by atoms with E-state index in [1.54, 1.807) is 35.0 Å². The quantitative estimate of drug-likeness (QED) is 0.820. The zero-order valence-corrected chi connectivity index (χ0v) is 16.9. The van der Waals surface area contributed by atoms with Gasteiger partial charge in [-0.05, 0) is 44.9 Å². The van der Waals surface area contributed by atoms with Crippen LogP contribution in [-0.2, 0) is 14.8 Å². The number of anilines is 1. The van der Waals surface area contributed by atoms with Crippen molar-refractivity contribution >= 4 is 33.2 Å². The van der Waals surface area contributed by atoms with Crippen LogP contribution in [0.5, 0.6) is 0 Å². The Labute approximate surface area is 164 Å². The van der Waals surface area contributed by atoms with Gasteiger partial charge >= 0.3 is 0 Å². The van der Waals surface area contributed by atoms with Crippen molar-refractivity contribution < 1.29 is 13.2 Å². The van der Waals surface area contributed by atoms with Crippen LogP contribution in [0.3, 0.4) is 0 Å². The van der Waals surface area contributed by atoms with Gasteiger partial charge in [0.1, 0.15) is 0 Å². The summed E-state index contributed by atoms with van der Waals surface area (Å²) in [6.45, 7) is 4.51. The molecule has 7 nitrogen and oxygen atoms in total. The zero-order chi connectivity index (χ0) is 19.6. The second-order valence-corrected chi connectivity index (χ2v) is 9.25. The third-order valence-corrected chi connectivity index (χ3v) is 6.71. The minimum Gasteiger partial charge on any atom is -0.334 e. The Morgan fingerprint density at radius 3 is 2.59 bits per heavy atom. The van der Waals surface area contributed by atoms with Crippen LogP contribution < -0.4 is 5.32 Å². The van der Waals surface area contributed by atoms with Gasteiger partial charge in [0.25, 0.3) is 10.0 Å². The maximum Gasteiger partial charge on any atom is 0.262 e. The Morgan fingerprint density at radius 1 is 1.30 bits per heavy atom. The number of sulfonamides is 1. The summed E-state index contributed by atoms with van der Waals surface area (Å²) in [5.41, 5.74) is 0.641. The summed E-state index contributed by atoms with van der Waals surface area (Å²) in [4.78, 5) is 16.5. The van der Waals surface area contributed by atoms with E-state index >= 15 is 0 Å². The van der Waals surface area contributed by atoms with E-state index in [-0.39, 0.29) is 22.9 Å². The first-order chi connectivity index (χ1) is 12.8. The average Bonchev–Trinajstić information content (AvgIpc) is 3.13. The van der Waals surface area contributed by atoms with Gasteiger partial charge in [0.2, 0.25) is 5.91 Å². The van der Waals surface area contributed by atoms with Crippen LogP contribution in [-0.4, -0.2) is 41.3 Å². The van der Waals surface area contributed by atoms with Crippen LogP contribution in [0, 0.1) is 5.92 Å². The Morgan fingerprint density at radius 2 is 2.00 bits per heavy atom. The van der Waals surface area contributed by atoms with Crippen molar-refractivity contribution in [2.75, 3.05) is 18.4 Å². The standard InChI is InChI=1S/C18H23ClN4O3S/c1-13(2)22-11-17(20-12-22)27(25,26)23-8-6-14(7-9-23)18(24)21-16-5-3-4-15(19)10-16/h3-5,10-14H,6-9H2,1-2H3,(H,21,24). The molecule has 0 atom stereocenters. The topological polar surface area (TPSA) is 84.3 Å². The van der Waals surface area contributed by atoms with Gasteiger partial charge in [-0.3, -0.25) is 4.79 Å². The van der Waals surface area contributed by atoms with Crippen molar-refractivity contribution in [3.63, 3.8) is 0 Å². The number of piperidine rings is 1. The molecule has 1 saturated heterocycles. The van der Waals surface area contributed by atoms with E-state index < -0.39 is 10.0 Å². The molecule has 1 N–H and O–H groups in total. The van der Waals surface area contributed by atoms with E-state index in [1.165, 1.54) is 10.6 Å². The number of rotatable bonds is 5. The van der Waals surface area contributed by atoms with Crippen LogP contribution in [0.2, 0.25) is 5.02 Å². The Bertz CT molecular complexity index is 918. The molecule has 0 bridgehead atoms. The fourth-order valence-corrected chi connectivity index (χ4v) is 4.62. The molecule has 0 unspecified atom stereocenters. The van der Waals surface area contributed by atoms with Gasteiger partial charge < -0.3 is 9.88 Å². The number of imidazole rings is 1. The molecule has 1 aromatic carbocycles. The van der Waals surface area contributed by atoms with Gasteiger partial charge in [0.05, 0.1) is 6.33 Å². The van der Waals surface area contributed by atoms with E-state index in [9.17, 15) is 13.2 Å². The maximum atomic E-state index is 12.8. The zero-order valence-electron chi connectivity index (χ0n) is 15.3. The molecule has 2 aromatic rings. The molecule has 0 spiro atoms. The lowest BCUT2D eigenvalue weighted by Crippen LogP contribution is -2.41. The largest absolute Gasteiger partial charge is 0.334 e. The first-order valence-electron chi connectivity index (χ1n) is 8.87. The number of nitrogens with one attached hydrogen (secondary N) is 1. The maximum absolute atomic E-state index is 12.8. The van der Waals surface area contributed by atoms with Crippen molar-refractivity contribution in [1.29, 1.82) is 0 Å². The highest BCUT2D eigenvalue weighted by atomic mass is 35.5. The molecule has 0 saturated carbocycles. The number of nitrogens with zero attached hydrogens (tertiary/aromatic N) is 3. The molecule has 1 aromatic heterocycles. The molecule has 0 aliphatic carbocycles. The minimum atomic E-state index is -3.64. The van der Waals surface area contributed by atoms with Crippen LogP contribution >= 0.6 is 11.6 Å². The van der Waals surface area contributed by atoms with Gasteiger partial charge in [-0.1, -0.05) is 17.7 Å². The van der Waals surface area contributed by atoms with Crippen LogP contribution in [0.1, 0.15) is 32.7 Å². The lowest BCUT2D eigenvalue weighted by Gasteiger charge is -2.29. The third-order valence-electron chi connectivity index (χ3n) is 4.70. The highest BCUT2D eigenvalue weighted by Gasteiger charge is 2.33. The number of carbonyl (C=O) groups is 1. The van der Waals surface area contributed by atoms with E-state index in [2.05, 4.69) is 10.3 Å². The lowest BCUT2D eigenvalue weighted by atomic mass is 9.97. The SMILES string of the molecule is CC(C)n1cnc(S(=O)(=O)N2CCC(C(=O)Nc3cccc(Cl)c3)CC2)c1. The fourth-order valence-electron chi connectivity index (χ4n) is 3.03. The van der Waals surface area contributed by atoms with Gasteiger partial charge in [0, 0.05) is 42.0 Å². The Balaban J connectivity index is 1.61. The number of aromatic nitrogens is 2.